The number of esters is 1. The lowest BCUT2D eigenvalue weighted by Gasteiger charge is -2.43. The molecule has 2 amide bonds. The Morgan fingerprint density at radius 3 is 2.16 bits per heavy atom. The minimum absolute atomic E-state index is 0.106. The summed E-state index contributed by atoms with van der Waals surface area (Å²) in [7, 11) is 4.37. The number of hydrogen-bond acceptors (Lipinski definition) is 13. The van der Waals surface area contributed by atoms with Crippen molar-refractivity contribution in [2.45, 2.75) is 109 Å². The maximum absolute atomic E-state index is 13.4. The molecule has 1 heterocycles. The van der Waals surface area contributed by atoms with E-state index in [1.807, 2.05) is 17.9 Å². The largest absolute Gasteiger partial charge is 0.493 e. The Morgan fingerprint density at radius 2 is 1.65 bits per heavy atom. The fourth-order valence-electron chi connectivity index (χ4n) is 7.00. The van der Waals surface area contributed by atoms with Crippen LogP contribution in [0.3, 0.4) is 0 Å². The maximum Gasteiger partial charge on any atom is 0.322 e. The van der Waals surface area contributed by atoms with Crippen molar-refractivity contribution in [1.29, 1.82) is 5.26 Å². The van der Waals surface area contributed by atoms with Crippen molar-refractivity contribution in [1.82, 2.24) is 9.80 Å². The Hall–Kier alpha value is -3.39. The van der Waals surface area contributed by atoms with E-state index >= 15 is 0 Å². The Kier molecular flexibility index (Phi) is 16.2. The number of aliphatic hydroxyl groups excluding tert-OH is 3. The van der Waals surface area contributed by atoms with Crippen LogP contribution in [0.4, 0.5) is 10.5 Å². The van der Waals surface area contributed by atoms with E-state index in [4.69, 9.17) is 18.9 Å². The third kappa shape index (κ3) is 10.8. The summed E-state index contributed by atoms with van der Waals surface area (Å²) in [6.07, 6.45) is -4.67. The van der Waals surface area contributed by atoms with Gasteiger partial charge in [0.15, 0.2) is 11.5 Å². The molecule has 15 nitrogen and oxygen atoms in total. The van der Waals surface area contributed by atoms with Gasteiger partial charge in [-0.15, -0.1) is 0 Å². The number of aliphatic hydroxyl groups is 5. The summed E-state index contributed by atoms with van der Waals surface area (Å²) in [5.74, 6) is -2.05. The molecule has 1 aliphatic rings. The normalized spacial score (nSPS) is 32.8. The third-order valence-corrected chi connectivity index (χ3v) is 10.1. The van der Waals surface area contributed by atoms with Gasteiger partial charge in [0.25, 0.3) is 0 Å². The summed E-state index contributed by atoms with van der Waals surface area (Å²) in [6.45, 7) is 11.7. The van der Waals surface area contributed by atoms with E-state index in [0.29, 0.717) is 42.4 Å². The van der Waals surface area contributed by atoms with Crippen molar-refractivity contribution in [3.63, 3.8) is 0 Å². The number of ether oxygens (including phenoxy) is 4. The maximum atomic E-state index is 13.4. The van der Waals surface area contributed by atoms with Crippen LogP contribution in [-0.2, 0) is 9.53 Å². The van der Waals surface area contributed by atoms with Crippen molar-refractivity contribution < 1.29 is 54.1 Å². The molecule has 1 aliphatic heterocycles. The van der Waals surface area contributed by atoms with Crippen LogP contribution in [0.1, 0.15) is 67.7 Å². The van der Waals surface area contributed by atoms with Crippen LogP contribution in [0.25, 0.3) is 0 Å². The molecule has 6 N–H and O–H groups in total. The first kappa shape index (κ1) is 43.8. The average Bonchev–Trinajstić information content (AvgIpc) is 3.09. The van der Waals surface area contributed by atoms with Crippen molar-refractivity contribution in [3.8, 4) is 23.3 Å². The number of nitrogens with one attached hydrogen (secondary N) is 1. The van der Waals surface area contributed by atoms with Gasteiger partial charge < -0.3 is 54.7 Å². The highest BCUT2D eigenvalue weighted by Gasteiger charge is 2.47. The van der Waals surface area contributed by atoms with E-state index in [1.54, 1.807) is 32.9 Å². The number of benzene rings is 1. The molecule has 10 atom stereocenters. The molecule has 51 heavy (non-hydrogen) atoms. The van der Waals surface area contributed by atoms with Gasteiger partial charge in [-0.05, 0) is 52.9 Å². The second kappa shape index (κ2) is 18.9. The van der Waals surface area contributed by atoms with Gasteiger partial charge in [0.05, 0.1) is 56.8 Å². The summed E-state index contributed by atoms with van der Waals surface area (Å²) in [6, 6.07) is 3.89. The molecule has 2 rings (SSSR count). The number of nitriles is 1. The smallest absolute Gasteiger partial charge is 0.322 e. The molecule has 1 aromatic rings. The van der Waals surface area contributed by atoms with E-state index in [9.17, 15) is 40.4 Å². The first-order valence-electron chi connectivity index (χ1n) is 17.5. The minimum Gasteiger partial charge on any atom is -0.493 e. The number of rotatable bonds is 10. The fraction of sp³-hybridized carbons (Fsp3) is 0.750. The summed E-state index contributed by atoms with van der Waals surface area (Å²) in [5.41, 5.74) is -3.20. The highest BCUT2D eigenvalue weighted by molar-refractivity contribution is 5.90. The molecule has 1 fully saturated rings. The van der Waals surface area contributed by atoms with Crippen molar-refractivity contribution in [2.24, 2.45) is 17.8 Å². The molecule has 0 unspecified atom stereocenters. The molecule has 1 saturated heterocycles. The Labute approximate surface area is 302 Å². The number of urea groups is 1. The van der Waals surface area contributed by atoms with E-state index in [0.717, 1.165) is 0 Å². The molecule has 1 aromatic carbocycles. The van der Waals surface area contributed by atoms with Gasteiger partial charge in [0.1, 0.15) is 24.4 Å². The molecule has 0 aliphatic carbocycles. The lowest BCUT2D eigenvalue weighted by Crippen LogP contribution is -2.59. The summed E-state index contributed by atoms with van der Waals surface area (Å²) < 4.78 is 21.8. The van der Waals surface area contributed by atoms with Gasteiger partial charge in [0.2, 0.25) is 5.75 Å². The number of carbonyl (C=O) groups excluding carboxylic acids is 2. The van der Waals surface area contributed by atoms with Gasteiger partial charge in [-0.1, -0.05) is 20.8 Å². The molecular formula is C36H60N4O11. The quantitative estimate of drug-likeness (QED) is 0.151. The van der Waals surface area contributed by atoms with Gasteiger partial charge in [-0.25, -0.2) is 4.79 Å². The number of amides is 2. The topological polar surface area (TPSA) is 215 Å². The summed E-state index contributed by atoms with van der Waals surface area (Å²) in [5, 5.41) is 69.1. The highest BCUT2D eigenvalue weighted by atomic mass is 16.6. The second-order valence-electron chi connectivity index (χ2n) is 14.3. The number of hydrogen-bond donors (Lipinski definition) is 6. The predicted octanol–water partition coefficient (Wildman–Crippen LogP) is 2.37. The van der Waals surface area contributed by atoms with Crippen LogP contribution < -0.4 is 19.5 Å². The highest BCUT2D eigenvalue weighted by Crippen LogP contribution is 2.40. The van der Waals surface area contributed by atoms with E-state index in [-0.39, 0.29) is 31.8 Å². The molecular weight excluding hydrogens is 664 g/mol. The van der Waals surface area contributed by atoms with Gasteiger partial charge in [0, 0.05) is 43.7 Å². The summed E-state index contributed by atoms with van der Waals surface area (Å²) >= 11 is 0. The Morgan fingerprint density at radius 1 is 1.06 bits per heavy atom. The van der Waals surface area contributed by atoms with Crippen molar-refractivity contribution >= 4 is 17.7 Å². The van der Waals surface area contributed by atoms with Crippen molar-refractivity contribution in [2.75, 3.05) is 52.8 Å². The number of nitrogens with zero attached hydrogens (tertiary/aromatic N) is 3. The van der Waals surface area contributed by atoms with Crippen LogP contribution in [0.15, 0.2) is 12.1 Å². The van der Waals surface area contributed by atoms with Crippen LogP contribution in [0.2, 0.25) is 0 Å². The molecule has 0 bridgehead atoms. The van der Waals surface area contributed by atoms with Crippen LogP contribution in [0, 0.1) is 29.1 Å². The molecule has 0 spiro atoms. The van der Waals surface area contributed by atoms with Gasteiger partial charge >= 0.3 is 12.0 Å². The molecule has 15 heteroatoms. The predicted molar refractivity (Wildman–Crippen MR) is 190 cm³/mol. The lowest BCUT2D eigenvalue weighted by atomic mass is 9.78. The van der Waals surface area contributed by atoms with Gasteiger partial charge in [-0.2, -0.15) is 5.26 Å². The zero-order valence-electron chi connectivity index (χ0n) is 31.8. The average molecular weight is 725 g/mol. The minimum atomic E-state index is -1.90. The molecule has 0 radical (unpaired) electrons. The van der Waals surface area contributed by atoms with Gasteiger partial charge in [-0.3, -0.25) is 9.69 Å². The monoisotopic (exact) mass is 724 g/mol. The molecule has 0 aromatic heterocycles. The third-order valence-electron chi connectivity index (χ3n) is 10.1. The Balaban J connectivity index is 2.38. The SMILES string of the molecule is CC[C@H]1OC(=O)[C@H](C)[C@@H](O)[C@H](C)[C@@H](O)[C@](C)(O)C[C@@H](C)CN(CCCN(CC#N)C(=O)Nc2cc(OC)c(OC)c(OC)c2)[C@H](C)[C@@H](O)[C@]1(C)O. The lowest BCUT2D eigenvalue weighted by molar-refractivity contribution is -0.193. The van der Waals surface area contributed by atoms with E-state index < -0.39 is 65.5 Å². The molecule has 290 valence electrons. The summed E-state index contributed by atoms with van der Waals surface area (Å²) in [4.78, 5) is 29.7. The van der Waals surface area contributed by atoms with Crippen LogP contribution >= 0.6 is 0 Å². The van der Waals surface area contributed by atoms with E-state index in [1.165, 1.54) is 47.0 Å². The fourth-order valence-corrected chi connectivity index (χ4v) is 7.00. The van der Waals surface area contributed by atoms with Crippen molar-refractivity contribution in [3.05, 3.63) is 12.1 Å². The number of cyclic esters (lactones) is 1. The Bertz CT molecular complexity index is 1310. The first-order chi connectivity index (χ1) is 23.8. The van der Waals surface area contributed by atoms with Crippen LogP contribution in [0.5, 0.6) is 17.2 Å². The second-order valence-corrected chi connectivity index (χ2v) is 14.3. The standard InChI is InChI=1S/C36H60N4O11/c1-11-28-36(7,47)32(43)24(5)40(20-21(2)19-35(6,46)31(42)22(3)29(41)23(4)33(44)51-28)15-12-14-39(16-13-37)34(45)38-25-17-26(48-8)30(50-10)27(18-25)49-9/h17-18,21-24,28-29,31-32,41-43,46-47H,11-12,14-16,19-20H2,1-10H3,(H,38,45)/t21-,22+,23-,24-,28-,29+,31-,32-,35-,36-/m1/s1. The van der Waals surface area contributed by atoms with E-state index in [2.05, 4.69) is 5.32 Å². The first-order valence-corrected chi connectivity index (χ1v) is 17.5. The number of anilines is 1. The molecule has 0 saturated carbocycles. The van der Waals surface area contributed by atoms with Crippen LogP contribution in [-0.4, -0.2) is 137 Å². The number of methoxy groups -OCH3 is 3. The zero-order valence-corrected chi connectivity index (χ0v) is 31.8. The zero-order chi connectivity index (χ0) is 38.8. The number of carbonyl (C=O) groups is 2.